The zero-order chi connectivity index (χ0) is 9.70. The van der Waals surface area contributed by atoms with E-state index in [9.17, 15) is 4.91 Å². The number of rotatable bonds is 3. The number of nitrogens with zero attached hydrogens (tertiary/aromatic N) is 2. The van der Waals surface area contributed by atoms with Crippen LogP contribution in [0.1, 0.15) is 27.7 Å². The molecule has 0 unspecified atom stereocenters. The second kappa shape index (κ2) is 22.7. The first-order valence-corrected chi connectivity index (χ1v) is 4.21. The van der Waals surface area contributed by atoms with Gasteiger partial charge in [-0.05, 0) is 14.1 Å². The van der Waals surface area contributed by atoms with Gasteiger partial charge in [-0.3, -0.25) is 0 Å². The molecule has 0 atom stereocenters. The molecule has 0 aliphatic heterocycles. The highest BCUT2D eigenvalue weighted by atomic mass is 16.3. The SMILES string of the molecule is CC.CC.CN(C)CCN=O. The highest BCUT2D eigenvalue weighted by Crippen LogP contribution is 1.72. The van der Waals surface area contributed by atoms with E-state index < -0.39 is 0 Å². The molecule has 0 aliphatic rings. The fourth-order valence-corrected chi connectivity index (χ4v) is 0.241. The van der Waals surface area contributed by atoms with E-state index in [1.54, 1.807) is 0 Å². The van der Waals surface area contributed by atoms with E-state index in [1.807, 2.05) is 46.7 Å². The maximum atomic E-state index is 9.43. The van der Waals surface area contributed by atoms with Gasteiger partial charge in [-0.1, -0.05) is 32.9 Å². The smallest absolute Gasteiger partial charge is 0.0937 e. The maximum absolute atomic E-state index is 9.43. The first-order chi connectivity index (χ1) is 5.27. The number of hydrogen-bond donors (Lipinski definition) is 0. The summed E-state index contributed by atoms with van der Waals surface area (Å²) in [4.78, 5) is 11.4. The van der Waals surface area contributed by atoms with E-state index in [0.29, 0.717) is 6.54 Å². The van der Waals surface area contributed by atoms with Crippen molar-refractivity contribution < 1.29 is 0 Å². The Kier molecular flexibility index (Phi) is 34.8. The van der Waals surface area contributed by atoms with Crippen LogP contribution in [-0.2, 0) is 0 Å². The minimum Gasteiger partial charge on any atom is -0.307 e. The van der Waals surface area contributed by atoms with Crippen molar-refractivity contribution in [2.45, 2.75) is 27.7 Å². The van der Waals surface area contributed by atoms with Crippen LogP contribution in [0.25, 0.3) is 0 Å². The molecule has 0 saturated carbocycles. The summed E-state index contributed by atoms with van der Waals surface area (Å²) in [7, 11) is 3.82. The third-order valence-corrected chi connectivity index (χ3v) is 0.639. The van der Waals surface area contributed by atoms with Crippen molar-refractivity contribution in [2.75, 3.05) is 27.2 Å². The molecule has 0 radical (unpaired) electrons. The van der Waals surface area contributed by atoms with Crippen LogP contribution in [0, 0.1) is 4.91 Å². The lowest BCUT2D eigenvalue weighted by Gasteiger charge is -2.02. The average Bonchev–Trinajstić information content (AvgIpc) is 2.08. The average molecular weight is 162 g/mol. The van der Waals surface area contributed by atoms with Crippen LogP contribution < -0.4 is 0 Å². The second-order valence-corrected chi connectivity index (χ2v) is 1.66. The highest BCUT2D eigenvalue weighted by Gasteiger charge is 1.84. The molecule has 0 amide bonds. The number of hydrogen-bond acceptors (Lipinski definition) is 3. The van der Waals surface area contributed by atoms with Crippen molar-refractivity contribution >= 4 is 0 Å². The van der Waals surface area contributed by atoms with Crippen molar-refractivity contribution in [1.29, 1.82) is 0 Å². The monoisotopic (exact) mass is 162 g/mol. The lowest BCUT2D eigenvalue weighted by molar-refractivity contribution is 0.420. The van der Waals surface area contributed by atoms with Crippen molar-refractivity contribution in [2.24, 2.45) is 5.18 Å². The zero-order valence-corrected chi connectivity index (χ0v) is 8.72. The molecule has 3 nitrogen and oxygen atoms in total. The third kappa shape index (κ3) is 43.1. The van der Waals surface area contributed by atoms with Crippen LogP contribution in [0.4, 0.5) is 0 Å². The number of nitroso groups, excluding NO2 is 1. The summed E-state index contributed by atoms with van der Waals surface area (Å²) in [5, 5.41) is 2.68. The van der Waals surface area contributed by atoms with E-state index in [4.69, 9.17) is 0 Å². The Morgan fingerprint density at radius 1 is 1.09 bits per heavy atom. The predicted octanol–water partition coefficient (Wildman–Crippen LogP) is 2.37. The minimum atomic E-state index is 0.396. The molecule has 0 heterocycles. The third-order valence-electron chi connectivity index (χ3n) is 0.639. The molecule has 0 saturated heterocycles. The van der Waals surface area contributed by atoms with E-state index in [-0.39, 0.29) is 0 Å². The topological polar surface area (TPSA) is 32.7 Å². The summed E-state index contributed by atoms with van der Waals surface area (Å²) in [6, 6.07) is 0. The van der Waals surface area contributed by atoms with Gasteiger partial charge in [0.2, 0.25) is 0 Å². The van der Waals surface area contributed by atoms with Crippen LogP contribution in [0.5, 0.6) is 0 Å². The Bertz CT molecular complexity index is 56.1. The molecule has 0 rings (SSSR count). The van der Waals surface area contributed by atoms with Gasteiger partial charge >= 0.3 is 0 Å². The highest BCUT2D eigenvalue weighted by molar-refractivity contribution is 4.44. The zero-order valence-electron chi connectivity index (χ0n) is 8.72. The van der Waals surface area contributed by atoms with E-state index >= 15 is 0 Å². The van der Waals surface area contributed by atoms with Crippen molar-refractivity contribution in [3.8, 4) is 0 Å². The van der Waals surface area contributed by atoms with Crippen molar-refractivity contribution in [3.63, 3.8) is 0 Å². The van der Waals surface area contributed by atoms with Crippen LogP contribution in [0.15, 0.2) is 5.18 Å². The van der Waals surface area contributed by atoms with Crippen molar-refractivity contribution in [1.82, 2.24) is 4.90 Å². The van der Waals surface area contributed by atoms with Gasteiger partial charge in [0.1, 0.15) is 0 Å². The second-order valence-electron chi connectivity index (χ2n) is 1.66. The van der Waals surface area contributed by atoms with Gasteiger partial charge in [-0.25, -0.2) is 0 Å². The standard InChI is InChI=1S/C4H10N2O.2C2H6/c1-6(2)4-3-5-7;2*1-2/h3-4H2,1-2H3;2*1-2H3. The molecule has 0 aromatic carbocycles. The Morgan fingerprint density at radius 2 is 1.45 bits per heavy atom. The van der Waals surface area contributed by atoms with Crippen LogP contribution in [-0.4, -0.2) is 32.1 Å². The maximum Gasteiger partial charge on any atom is 0.0937 e. The van der Waals surface area contributed by atoms with Gasteiger partial charge in [0.05, 0.1) is 6.54 Å². The molecule has 0 aromatic rings. The minimum absolute atomic E-state index is 0.396. The molecule has 0 aliphatic carbocycles. The molecule has 0 bridgehead atoms. The Hall–Kier alpha value is -0.440. The lowest BCUT2D eigenvalue weighted by atomic mass is 10.6. The molecular formula is C8H22N2O. The fraction of sp³-hybridized carbons (Fsp3) is 1.00. The Morgan fingerprint density at radius 3 is 1.55 bits per heavy atom. The van der Waals surface area contributed by atoms with Gasteiger partial charge < -0.3 is 4.90 Å². The molecule has 11 heavy (non-hydrogen) atoms. The summed E-state index contributed by atoms with van der Waals surface area (Å²) >= 11 is 0. The van der Waals surface area contributed by atoms with Crippen LogP contribution in [0.2, 0.25) is 0 Å². The van der Waals surface area contributed by atoms with Crippen molar-refractivity contribution in [3.05, 3.63) is 4.91 Å². The fourth-order valence-electron chi connectivity index (χ4n) is 0.241. The molecule has 70 valence electrons. The van der Waals surface area contributed by atoms with E-state index in [2.05, 4.69) is 5.18 Å². The van der Waals surface area contributed by atoms with E-state index in [0.717, 1.165) is 6.54 Å². The molecule has 0 N–H and O–H groups in total. The van der Waals surface area contributed by atoms with Gasteiger partial charge in [0.15, 0.2) is 0 Å². The quantitative estimate of drug-likeness (QED) is 0.597. The van der Waals surface area contributed by atoms with Gasteiger partial charge in [-0.15, -0.1) is 0 Å². The Balaban J connectivity index is -0.000000138. The predicted molar refractivity (Wildman–Crippen MR) is 51.9 cm³/mol. The van der Waals surface area contributed by atoms with Gasteiger partial charge in [0, 0.05) is 6.54 Å². The van der Waals surface area contributed by atoms with Gasteiger partial charge in [-0.2, -0.15) is 4.91 Å². The lowest BCUT2D eigenvalue weighted by Crippen LogP contribution is -2.14. The summed E-state index contributed by atoms with van der Waals surface area (Å²) in [5.41, 5.74) is 0. The van der Waals surface area contributed by atoms with Gasteiger partial charge in [0.25, 0.3) is 0 Å². The first-order valence-electron chi connectivity index (χ1n) is 4.21. The summed E-state index contributed by atoms with van der Waals surface area (Å²) < 4.78 is 0. The van der Waals surface area contributed by atoms with Crippen LogP contribution in [0.3, 0.4) is 0 Å². The summed E-state index contributed by atoms with van der Waals surface area (Å²) in [6.45, 7) is 9.15. The normalized spacial score (nSPS) is 7.18. The molecule has 0 fully saturated rings. The first kappa shape index (κ1) is 16.9. The molecule has 3 heteroatoms. The molecule has 0 spiro atoms. The molecule has 0 aromatic heterocycles. The van der Waals surface area contributed by atoms with E-state index in [1.165, 1.54) is 0 Å². The summed E-state index contributed by atoms with van der Waals surface area (Å²) in [5.74, 6) is 0. The largest absolute Gasteiger partial charge is 0.307 e. The van der Waals surface area contributed by atoms with Crippen LogP contribution >= 0.6 is 0 Å². The number of likely N-dealkylation sites (N-methyl/N-ethyl adjacent to an activating group) is 1. The Labute approximate surface area is 70.8 Å². The molecular weight excluding hydrogens is 140 g/mol. The summed E-state index contributed by atoms with van der Waals surface area (Å²) in [6.07, 6.45) is 0.